The fourth-order valence-electron chi connectivity index (χ4n) is 0.747. The number of aromatic nitrogens is 2. The van der Waals surface area contributed by atoms with Crippen molar-refractivity contribution >= 4 is 12.4 Å². The molecule has 0 atom stereocenters. The second-order valence-electron chi connectivity index (χ2n) is 2.13. The second kappa shape index (κ2) is 5.05. The van der Waals surface area contributed by atoms with Gasteiger partial charge in [0.25, 0.3) is 6.43 Å². The maximum atomic E-state index is 11.9. The Morgan fingerprint density at radius 2 is 2.25 bits per heavy atom. The van der Waals surface area contributed by atoms with E-state index in [1.54, 1.807) is 0 Å². The molecule has 1 rings (SSSR count). The lowest BCUT2D eigenvalue weighted by Crippen LogP contribution is -2.09. The summed E-state index contributed by atoms with van der Waals surface area (Å²) in [6.45, 7) is 0.886. The van der Waals surface area contributed by atoms with E-state index in [0.29, 0.717) is 13.1 Å². The van der Waals surface area contributed by atoms with Crippen molar-refractivity contribution < 1.29 is 8.78 Å². The van der Waals surface area contributed by atoms with Crippen molar-refractivity contribution in [1.29, 1.82) is 0 Å². The molecular weight excluding hydrogens is 188 g/mol. The molecule has 2 N–H and O–H groups in total. The highest BCUT2D eigenvalue weighted by Gasteiger charge is 2.08. The molecule has 1 heterocycles. The van der Waals surface area contributed by atoms with Crippen LogP contribution in [-0.2, 0) is 6.54 Å². The summed E-state index contributed by atoms with van der Waals surface area (Å²) in [6, 6.07) is 0. The van der Waals surface area contributed by atoms with Gasteiger partial charge in [0.2, 0.25) is 0 Å². The first-order valence-corrected chi connectivity index (χ1v) is 3.24. The minimum absolute atomic E-state index is 0. The van der Waals surface area contributed by atoms with Gasteiger partial charge in [-0.2, -0.15) is 5.10 Å². The van der Waals surface area contributed by atoms with Crippen LogP contribution in [0.4, 0.5) is 8.78 Å². The van der Waals surface area contributed by atoms with Crippen LogP contribution in [-0.4, -0.2) is 16.3 Å². The molecule has 0 saturated heterocycles. The fraction of sp³-hybridized carbons (Fsp3) is 0.500. The molecule has 0 aliphatic rings. The summed E-state index contributed by atoms with van der Waals surface area (Å²) >= 11 is 0. The van der Waals surface area contributed by atoms with Crippen molar-refractivity contribution in [1.82, 2.24) is 9.78 Å². The average Bonchev–Trinajstić information content (AvgIpc) is 2.37. The van der Waals surface area contributed by atoms with Crippen LogP contribution >= 0.6 is 12.4 Å². The number of hydrogen-bond acceptors (Lipinski definition) is 2. The number of hydrogen-bond donors (Lipinski definition) is 1. The van der Waals surface area contributed by atoms with Crippen LogP contribution in [0.3, 0.4) is 0 Å². The monoisotopic (exact) mass is 197 g/mol. The van der Waals surface area contributed by atoms with Crippen LogP contribution in [0.15, 0.2) is 12.4 Å². The maximum Gasteiger partial charge on any atom is 0.266 e. The molecule has 0 aliphatic heterocycles. The zero-order valence-corrected chi connectivity index (χ0v) is 7.10. The number of nitrogens with two attached hydrogens (primary N) is 1. The smallest absolute Gasteiger partial charge is 0.266 e. The highest BCUT2D eigenvalue weighted by atomic mass is 35.5. The Bertz CT molecular complexity index is 226. The predicted molar refractivity (Wildman–Crippen MR) is 43.5 cm³/mol. The Balaban J connectivity index is 0.00000121. The van der Waals surface area contributed by atoms with Crippen LogP contribution in [0.25, 0.3) is 0 Å². The third-order valence-electron chi connectivity index (χ3n) is 1.26. The van der Waals surface area contributed by atoms with E-state index in [2.05, 4.69) is 5.10 Å². The molecular formula is C6H10ClF2N3. The van der Waals surface area contributed by atoms with Gasteiger partial charge >= 0.3 is 0 Å². The number of alkyl halides is 2. The summed E-state index contributed by atoms with van der Waals surface area (Å²) in [4.78, 5) is 0. The summed E-state index contributed by atoms with van der Waals surface area (Å²) in [7, 11) is 0. The van der Waals surface area contributed by atoms with Gasteiger partial charge in [0, 0.05) is 12.7 Å². The molecule has 0 aliphatic carbocycles. The molecule has 0 radical (unpaired) electrons. The molecule has 12 heavy (non-hydrogen) atoms. The van der Waals surface area contributed by atoms with Crippen LogP contribution in [0.1, 0.15) is 12.0 Å². The SMILES string of the molecule is Cl.NCCn1cc(C(F)F)cn1. The standard InChI is InChI=1S/C6H9F2N3.ClH/c7-6(8)5-3-10-11(4-5)2-1-9;/h3-4,6H,1-2,9H2;1H. The lowest BCUT2D eigenvalue weighted by molar-refractivity contribution is 0.151. The summed E-state index contributed by atoms with van der Waals surface area (Å²) < 4.78 is 25.3. The van der Waals surface area contributed by atoms with Gasteiger partial charge < -0.3 is 5.73 Å². The van der Waals surface area contributed by atoms with Gasteiger partial charge in [0.05, 0.1) is 18.3 Å². The third kappa shape index (κ3) is 2.75. The normalized spacial score (nSPS) is 10.0. The van der Waals surface area contributed by atoms with Crippen molar-refractivity contribution in [2.75, 3.05) is 6.54 Å². The molecule has 1 aromatic heterocycles. The Kier molecular flexibility index (Phi) is 4.77. The minimum Gasteiger partial charge on any atom is -0.329 e. The van der Waals surface area contributed by atoms with Crippen molar-refractivity contribution in [3.63, 3.8) is 0 Å². The molecule has 0 saturated carbocycles. The number of rotatable bonds is 3. The Labute approximate surface area is 75.0 Å². The van der Waals surface area contributed by atoms with Gasteiger partial charge in [0.1, 0.15) is 0 Å². The van der Waals surface area contributed by atoms with Crippen LogP contribution in [0, 0.1) is 0 Å². The predicted octanol–water partition coefficient (Wildman–Crippen LogP) is 1.20. The van der Waals surface area contributed by atoms with Crippen LogP contribution in [0.5, 0.6) is 0 Å². The summed E-state index contributed by atoms with van der Waals surface area (Å²) in [5.41, 5.74) is 5.14. The van der Waals surface area contributed by atoms with E-state index < -0.39 is 6.43 Å². The van der Waals surface area contributed by atoms with E-state index in [9.17, 15) is 8.78 Å². The quantitative estimate of drug-likeness (QED) is 0.792. The van der Waals surface area contributed by atoms with Crippen molar-refractivity contribution in [2.24, 2.45) is 5.73 Å². The van der Waals surface area contributed by atoms with Gasteiger partial charge in [-0.1, -0.05) is 0 Å². The average molecular weight is 198 g/mol. The molecule has 6 heteroatoms. The lowest BCUT2D eigenvalue weighted by atomic mass is 10.4. The van der Waals surface area contributed by atoms with Crippen molar-refractivity contribution in [2.45, 2.75) is 13.0 Å². The van der Waals surface area contributed by atoms with E-state index in [1.165, 1.54) is 10.9 Å². The largest absolute Gasteiger partial charge is 0.329 e. The third-order valence-corrected chi connectivity index (χ3v) is 1.26. The van der Waals surface area contributed by atoms with Gasteiger partial charge in [0.15, 0.2) is 0 Å². The molecule has 70 valence electrons. The van der Waals surface area contributed by atoms with E-state index in [4.69, 9.17) is 5.73 Å². The molecule has 1 aromatic rings. The summed E-state index contributed by atoms with van der Waals surface area (Å²) in [6.07, 6.45) is 0.0132. The first-order valence-electron chi connectivity index (χ1n) is 3.24. The highest BCUT2D eigenvalue weighted by molar-refractivity contribution is 5.85. The van der Waals surface area contributed by atoms with E-state index >= 15 is 0 Å². The van der Waals surface area contributed by atoms with E-state index in [0.717, 1.165) is 6.20 Å². The Morgan fingerprint density at radius 1 is 1.58 bits per heavy atom. The molecule has 0 spiro atoms. The molecule has 0 unspecified atom stereocenters. The summed E-state index contributed by atoms with van der Waals surface area (Å²) in [5.74, 6) is 0. The highest BCUT2D eigenvalue weighted by Crippen LogP contribution is 2.16. The zero-order chi connectivity index (χ0) is 8.27. The lowest BCUT2D eigenvalue weighted by Gasteiger charge is -1.94. The minimum atomic E-state index is -2.44. The van der Waals surface area contributed by atoms with Crippen molar-refractivity contribution in [3.05, 3.63) is 18.0 Å². The Morgan fingerprint density at radius 3 is 2.67 bits per heavy atom. The van der Waals surface area contributed by atoms with Crippen LogP contribution in [0.2, 0.25) is 0 Å². The Hall–Kier alpha value is -0.680. The topological polar surface area (TPSA) is 43.8 Å². The fourth-order valence-corrected chi connectivity index (χ4v) is 0.747. The number of halogens is 3. The molecule has 0 bridgehead atoms. The first kappa shape index (κ1) is 11.3. The van der Waals surface area contributed by atoms with Gasteiger partial charge in [-0.05, 0) is 0 Å². The number of nitrogens with zero attached hydrogens (tertiary/aromatic N) is 2. The van der Waals surface area contributed by atoms with Crippen LogP contribution < -0.4 is 5.73 Å². The summed E-state index contributed by atoms with van der Waals surface area (Å²) in [5, 5.41) is 3.68. The molecule has 0 aromatic carbocycles. The van der Waals surface area contributed by atoms with E-state index in [1.807, 2.05) is 0 Å². The van der Waals surface area contributed by atoms with Gasteiger partial charge in [-0.3, -0.25) is 4.68 Å². The van der Waals surface area contributed by atoms with E-state index in [-0.39, 0.29) is 18.0 Å². The van der Waals surface area contributed by atoms with Crippen molar-refractivity contribution in [3.8, 4) is 0 Å². The maximum absolute atomic E-state index is 11.9. The zero-order valence-electron chi connectivity index (χ0n) is 6.28. The second-order valence-corrected chi connectivity index (χ2v) is 2.13. The molecule has 0 amide bonds. The molecule has 0 fully saturated rings. The first-order chi connectivity index (χ1) is 5.24. The molecule has 3 nitrogen and oxygen atoms in total. The van der Waals surface area contributed by atoms with Gasteiger partial charge in [-0.25, -0.2) is 8.78 Å². The van der Waals surface area contributed by atoms with Gasteiger partial charge in [-0.15, -0.1) is 12.4 Å².